The molecule has 1 aromatic rings. The predicted octanol–water partition coefficient (Wildman–Crippen LogP) is 2.72. The average molecular weight is 328 g/mol. The van der Waals surface area contributed by atoms with Crippen LogP contribution in [0.2, 0.25) is 0 Å². The van der Waals surface area contributed by atoms with E-state index in [0.29, 0.717) is 6.54 Å². The van der Waals surface area contributed by atoms with Crippen molar-refractivity contribution in [2.24, 2.45) is 5.92 Å². The molecule has 23 heavy (non-hydrogen) atoms. The summed E-state index contributed by atoms with van der Waals surface area (Å²) in [6.07, 6.45) is 1.73. The highest BCUT2D eigenvalue weighted by Crippen LogP contribution is 2.30. The van der Waals surface area contributed by atoms with Crippen LogP contribution in [0.4, 0.5) is 18.9 Å². The van der Waals surface area contributed by atoms with Crippen LogP contribution in [-0.2, 0) is 9.59 Å². The smallest absolute Gasteiger partial charge is 0.227 e. The molecule has 126 valence electrons. The van der Waals surface area contributed by atoms with Gasteiger partial charge in [-0.05, 0) is 18.6 Å². The van der Waals surface area contributed by atoms with Gasteiger partial charge in [0.2, 0.25) is 11.8 Å². The maximum atomic E-state index is 13.8. The number of carbonyl (C=O) groups is 2. The Kier molecular flexibility index (Phi) is 5.28. The first-order chi connectivity index (χ1) is 10.9. The van der Waals surface area contributed by atoms with Crippen LogP contribution in [0.1, 0.15) is 26.2 Å². The zero-order valence-corrected chi connectivity index (χ0v) is 13.1. The minimum absolute atomic E-state index is 0.0316. The predicted molar refractivity (Wildman–Crippen MR) is 79.3 cm³/mol. The molecule has 0 radical (unpaired) electrons. The van der Waals surface area contributed by atoms with Gasteiger partial charge >= 0.3 is 0 Å². The summed E-state index contributed by atoms with van der Waals surface area (Å²) in [4.78, 5) is 26.9. The van der Waals surface area contributed by atoms with Crippen LogP contribution in [-0.4, -0.2) is 36.9 Å². The number of benzene rings is 1. The summed E-state index contributed by atoms with van der Waals surface area (Å²) in [6, 6.07) is 1.78. The van der Waals surface area contributed by atoms with E-state index in [1.807, 2.05) is 6.92 Å². The van der Waals surface area contributed by atoms with Crippen molar-refractivity contribution in [1.29, 1.82) is 0 Å². The van der Waals surface area contributed by atoms with Gasteiger partial charge in [-0.15, -0.1) is 0 Å². The van der Waals surface area contributed by atoms with Gasteiger partial charge in [-0.2, -0.15) is 0 Å². The van der Waals surface area contributed by atoms with E-state index >= 15 is 0 Å². The fraction of sp³-hybridized carbons (Fsp3) is 0.500. The van der Waals surface area contributed by atoms with Crippen molar-refractivity contribution in [3.63, 3.8) is 0 Å². The number of anilines is 1. The first-order valence-electron chi connectivity index (χ1n) is 7.55. The van der Waals surface area contributed by atoms with E-state index in [2.05, 4.69) is 0 Å². The van der Waals surface area contributed by atoms with Crippen LogP contribution >= 0.6 is 0 Å². The molecular weight excluding hydrogens is 309 g/mol. The SMILES string of the molecule is CCCCN(C)C(=O)C1CC(=O)N(c2ccc(F)c(F)c2F)C1. The van der Waals surface area contributed by atoms with Crippen molar-refractivity contribution in [3.05, 3.63) is 29.6 Å². The summed E-state index contributed by atoms with van der Waals surface area (Å²) in [6.45, 7) is 2.56. The topological polar surface area (TPSA) is 40.6 Å². The first-order valence-corrected chi connectivity index (χ1v) is 7.55. The Balaban J connectivity index is 2.14. The number of amides is 2. The Bertz CT molecular complexity index is 622. The number of unbranched alkanes of at least 4 members (excludes halogenated alkanes) is 1. The van der Waals surface area contributed by atoms with Gasteiger partial charge in [0.15, 0.2) is 17.5 Å². The summed E-state index contributed by atoms with van der Waals surface area (Å²) in [5.41, 5.74) is -0.333. The highest BCUT2D eigenvalue weighted by atomic mass is 19.2. The number of carbonyl (C=O) groups excluding carboxylic acids is 2. The van der Waals surface area contributed by atoms with E-state index in [-0.39, 0.29) is 24.6 Å². The number of hydrogen-bond donors (Lipinski definition) is 0. The van der Waals surface area contributed by atoms with Gasteiger partial charge in [0.05, 0.1) is 11.6 Å². The fourth-order valence-corrected chi connectivity index (χ4v) is 2.65. The van der Waals surface area contributed by atoms with Gasteiger partial charge in [-0.25, -0.2) is 13.2 Å². The van der Waals surface area contributed by atoms with E-state index in [1.165, 1.54) is 0 Å². The molecule has 1 unspecified atom stereocenters. The number of halogens is 3. The second kappa shape index (κ2) is 7.02. The molecule has 0 aromatic heterocycles. The molecule has 1 aromatic carbocycles. The minimum Gasteiger partial charge on any atom is -0.345 e. The van der Waals surface area contributed by atoms with E-state index in [1.54, 1.807) is 11.9 Å². The standard InChI is InChI=1S/C16H19F3N2O2/c1-3-4-7-20(2)16(23)10-8-13(22)21(9-10)12-6-5-11(17)14(18)15(12)19/h5-6,10H,3-4,7-9H2,1-2H3. The molecular formula is C16H19F3N2O2. The third-order valence-corrected chi connectivity index (χ3v) is 4.00. The monoisotopic (exact) mass is 328 g/mol. The Hall–Kier alpha value is -2.05. The zero-order valence-electron chi connectivity index (χ0n) is 13.1. The van der Waals surface area contributed by atoms with Crippen molar-refractivity contribution >= 4 is 17.5 Å². The molecule has 1 atom stereocenters. The highest BCUT2D eigenvalue weighted by molar-refractivity contribution is 6.00. The molecule has 0 saturated carbocycles. The molecule has 1 saturated heterocycles. The first kappa shape index (κ1) is 17.3. The lowest BCUT2D eigenvalue weighted by Crippen LogP contribution is -2.35. The summed E-state index contributed by atoms with van der Waals surface area (Å²) < 4.78 is 40.2. The van der Waals surface area contributed by atoms with Crippen molar-refractivity contribution in [2.75, 3.05) is 25.0 Å². The average Bonchev–Trinajstić information content (AvgIpc) is 2.91. The third-order valence-electron chi connectivity index (χ3n) is 4.00. The Labute approximate surface area is 132 Å². The van der Waals surface area contributed by atoms with Gasteiger partial charge in [-0.1, -0.05) is 13.3 Å². The van der Waals surface area contributed by atoms with Gasteiger partial charge in [0, 0.05) is 26.6 Å². The number of nitrogens with zero attached hydrogens (tertiary/aromatic N) is 2. The summed E-state index contributed by atoms with van der Waals surface area (Å²) in [5, 5.41) is 0. The van der Waals surface area contributed by atoms with Crippen molar-refractivity contribution in [2.45, 2.75) is 26.2 Å². The fourth-order valence-electron chi connectivity index (χ4n) is 2.65. The quantitative estimate of drug-likeness (QED) is 0.780. The molecule has 1 heterocycles. The molecule has 0 N–H and O–H groups in total. The summed E-state index contributed by atoms with van der Waals surface area (Å²) in [7, 11) is 1.66. The molecule has 7 heteroatoms. The molecule has 1 aliphatic heterocycles. The van der Waals surface area contributed by atoms with Gasteiger partial charge in [0.25, 0.3) is 0 Å². The lowest BCUT2D eigenvalue weighted by Gasteiger charge is -2.21. The lowest BCUT2D eigenvalue weighted by molar-refractivity contribution is -0.134. The van der Waals surface area contributed by atoms with E-state index < -0.39 is 29.3 Å². The second-order valence-corrected chi connectivity index (χ2v) is 5.71. The van der Waals surface area contributed by atoms with Crippen molar-refractivity contribution < 1.29 is 22.8 Å². The number of rotatable bonds is 5. The minimum atomic E-state index is -1.62. The molecule has 0 spiro atoms. The lowest BCUT2D eigenvalue weighted by atomic mass is 10.1. The van der Waals surface area contributed by atoms with Crippen molar-refractivity contribution in [3.8, 4) is 0 Å². The summed E-state index contributed by atoms with van der Waals surface area (Å²) >= 11 is 0. The van der Waals surface area contributed by atoms with Crippen LogP contribution < -0.4 is 4.90 Å². The van der Waals surface area contributed by atoms with E-state index in [4.69, 9.17) is 0 Å². The van der Waals surface area contributed by atoms with Crippen LogP contribution in [0.3, 0.4) is 0 Å². The van der Waals surface area contributed by atoms with Crippen LogP contribution in [0.5, 0.6) is 0 Å². The molecule has 2 rings (SSSR count). The van der Waals surface area contributed by atoms with Crippen molar-refractivity contribution in [1.82, 2.24) is 4.90 Å². The molecule has 2 amide bonds. The van der Waals surface area contributed by atoms with E-state index in [9.17, 15) is 22.8 Å². The Morgan fingerprint density at radius 2 is 2.00 bits per heavy atom. The largest absolute Gasteiger partial charge is 0.345 e. The normalized spacial score (nSPS) is 17.7. The molecule has 1 fully saturated rings. The summed E-state index contributed by atoms with van der Waals surface area (Å²) in [5.74, 6) is -5.62. The molecule has 0 bridgehead atoms. The third kappa shape index (κ3) is 3.48. The molecule has 0 aliphatic carbocycles. The van der Waals surface area contributed by atoms with Gasteiger partial charge in [0.1, 0.15) is 0 Å². The van der Waals surface area contributed by atoms with Crippen LogP contribution in [0, 0.1) is 23.4 Å². The highest BCUT2D eigenvalue weighted by Gasteiger charge is 2.38. The second-order valence-electron chi connectivity index (χ2n) is 5.71. The van der Waals surface area contributed by atoms with Crippen LogP contribution in [0.25, 0.3) is 0 Å². The van der Waals surface area contributed by atoms with Gasteiger partial charge < -0.3 is 9.80 Å². The number of hydrogen-bond acceptors (Lipinski definition) is 2. The van der Waals surface area contributed by atoms with Gasteiger partial charge in [-0.3, -0.25) is 9.59 Å². The Morgan fingerprint density at radius 1 is 1.30 bits per heavy atom. The Morgan fingerprint density at radius 3 is 2.65 bits per heavy atom. The van der Waals surface area contributed by atoms with Crippen LogP contribution in [0.15, 0.2) is 12.1 Å². The maximum Gasteiger partial charge on any atom is 0.227 e. The maximum absolute atomic E-state index is 13.8. The zero-order chi connectivity index (χ0) is 17.1. The molecule has 1 aliphatic rings. The molecule has 4 nitrogen and oxygen atoms in total. The van der Waals surface area contributed by atoms with E-state index in [0.717, 1.165) is 29.9 Å².